The molecule has 1 aromatic heterocycles. The van der Waals surface area contributed by atoms with Crippen LogP contribution in [0.2, 0.25) is 0 Å². The van der Waals surface area contributed by atoms with Crippen LogP contribution in [0, 0.1) is 5.41 Å². The van der Waals surface area contributed by atoms with Crippen LogP contribution in [-0.4, -0.2) is 54.3 Å². The third kappa shape index (κ3) is 3.70. The molecule has 4 atom stereocenters. The van der Waals surface area contributed by atoms with E-state index in [-0.39, 0.29) is 0 Å². The largest absolute Gasteiger partial charge is 0.462 e. The molecule has 2 bridgehead atoms. The van der Waals surface area contributed by atoms with Crippen molar-refractivity contribution in [2.75, 3.05) is 31.1 Å². The van der Waals surface area contributed by atoms with E-state index in [1.54, 1.807) is 11.1 Å². The topological polar surface area (TPSA) is 62.3 Å². The molecule has 7 rings (SSSR count). The first kappa shape index (κ1) is 21.1. The van der Waals surface area contributed by atoms with Gasteiger partial charge in [0.05, 0.1) is 5.69 Å². The van der Waals surface area contributed by atoms with Gasteiger partial charge in [-0.25, -0.2) is 0 Å². The second kappa shape index (κ2) is 8.49. The second-order valence-corrected chi connectivity index (χ2v) is 11.4. The van der Waals surface area contributed by atoms with Crippen molar-refractivity contribution in [1.29, 1.82) is 0 Å². The molecule has 6 nitrogen and oxygen atoms in total. The highest BCUT2D eigenvalue weighted by molar-refractivity contribution is 5.55. The summed E-state index contributed by atoms with van der Waals surface area (Å²) in [6, 6.07) is 11.2. The van der Waals surface area contributed by atoms with E-state index in [2.05, 4.69) is 39.8 Å². The first-order valence-electron chi connectivity index (χ1n) is 13.6. The van der Waals surface area contributed by atoms with E-state index < -0.39 is 0 Å². The van der Waals surface area contributed by atoms with Gasteiger partial charge in [0.15, 0.2) is 0 Å². The zero-order chi connectivity index (χ0) is 22.5. The van der Waals surface area contributed by atoms with Crippen LogP contribution in [0.25, 0.3) is 0 Å². The van der Waals surface area contributed by atoms with Gasteiger partial charge in [0.25, 0.3) is 0 Å². The summed E-state index contributed by atoms with van der Waals surface area (Å²) in [6.07, 6.45) is 12.0. The Morgan fingerprint density at radius 2 is 1.79 bits per heavy atom. The molecule has 3 fully saturated rings. The monoisotopic (exact) mass is 459 g/mol. The van der Waals surface area contributed by atoms with E-state index in [1.807, 2.05) is 0 Å². The number of hydrogen-bond acceptors (Lipinski definition) is 6. The molecule has 34 heavy (non-hydrogen) atoms. The van der Waals surface area contributed by atoms with Crippen LogP contribution < -0.4 is 20.3 Å². The smallest absolute Gasteiger partial charge is 0.318 e. The molecule has 1 spiro atoms. The fourth-order valence-corrected chi connectivity index (χ4v) is 7.44. The third-order valence-corrected chi connectivity index (χ3v) is 9.31. The van der Waals surface area contributed by atoms with Crippen LogP contribution in [0.15, 0.2) is 24.3 Å². The number of aromatic nitrogens is 2. The van der Waals surface area contributed by atoms with Crippen molar-refractivity contribution in [3.8, 4) is 6.01 Å². The maximum absolute atomic E-state index is 6.28. The molecule has 0 unspecified atom stereocenters. The number of hydrogen-bond donors (Lipinski definition) is 2. The molecule has 0 amide bonds. The van der Waals surface area contributed by atoms with E-state index in [4.69, 9.17) is 14.7 Å². The highest BCUT2D eigenvalue weighted by atomic mass is 16.5. The van der Waals surface area contributed by atoms with Gasteiger partial charge in [-0.15, -0.1) is 0 Å². The molecule has 2 aliphatic carbocycles. The van der Waals surface area contributed by atoms with E-state index in [1.165, 1.54) is 68.4 Å². The summed E-state index contributed by atoms with van der Waals surface area (Å²) in [6.45, 7) is 3.90. The first-order valence-corrected chi connectivity index (χ1v) is 13.6. The number of benzene rings is 1. The number of rotatable bonds is 4. The lowest BCUT2D eigenvalue weighted by molar-refractivity contribution is 0.203. The molecule has 0 radical (unpaired) electrons. The predicted molar refractivity (Wildman–Crippen MR) is 134 cm³/mol. The molecular weight excluding hydrogens is 422 g/mol. The van der Waals surface area contributed by atoms with Gasteiger partial charge in [0.1, 0.15) is 12.4 Å². The van der Waals surface area contributed by atoms with Crippen LogP contribution in [0.3, 0.4) is 0 Å². The normalized spacial score (nSPS) is 32.0. The number of nitrogens with zero attached hydrogens (tertiary/aromatic N) is 3. The van der Waals surface area contributed by atoms with Crippen molar-refractivity contribution >= 4 is 5.82 Å². The summed E-state index contributed by atoms with van der Waals surface area (Å²) < 4.78 is 6.28. The predicted octanol–water partition coefficient (Wildman–Crippen LogP) is 3.21. The minimum absolute atomic E-state index is 0.333. The minimum Gasteiger partial charge on any atom is -0.462 e. The third-order valence-electron chi connectivity index (χ3n) is 9.31. The lowest BCUT2D eigenvalue weighted by Crippen LogP contribution is -2.53. The molecule has 6 heteroatoms. The summed E-state index contributed by atoms with van der Waals surface area (Å²) in [7, 11) is 0. The van der Waals surface area contributed by atoms with Gasteiger partial charge in [0, 0.05) is 36.8 Å². The summed E-state index contributed by atoms with van der Waals surface area (Å²) >= 11 is 0. The van der Waals surface area contributed by atoms with Crippen molar-refractivity contribution in [1.82, 2.24) is 20.6 Å². The summed E-state index contributed by atoms with van der Waals surface area (Å²) in [5, 5.41) is 7.18. The Bertz CT molecular complexity index is 1050. The van der Waals surface area contributed by atoms with E-state index in [0.29, 0.717) is 36.2 Å². The van der Waals surface area contributed by atoms with Gasteiger partial charge in [-0.1, -0.05) is 24.3 Å². The van der Waals surface area contributed by atoms with Crippen LogP contribution in [0.5, 0.6) is 6.01 Å². The van der Waals surface area contributed by atoms with Crippen molar-refractivity contribution < 1.29 is 4.74 Å². The van der Waals surface area contributed by atoms with Crippen LogP contribution in [-0.2, 0) is 25.7 Å². The fraction of sp³-hybridized carbons (Fsp3) is 0.643. The Labute approximate surface area is 202 Å². The SMILES string of the molecule is c1ccc2c(c1)CC[C@]1(CCc3c(nc(OC[C@@H]4CCCN4)nc3N3[C@@H]4CC[C@H]3CNC4)C1)C2. The van der Waals surface area contributed by atoms with Crippen LogP contribution in [0.4, 0.5) is 5.82 Å². The number of anilines is 1. The standard InChI is InChI=1S/C28H37N5O/c1-2-5-20-14-28(11-9-19(20)4-1)12-10-24-25(15-28)31-27(34-18-21-6-3-13-30-21)32-26(24)33-22-7-8-23(33)17-29-16-22/h1-2,4-5,21-23,29-30H,3,6-18H2/t21-,22-,23+,28-/m0/s1. The number of fused-ring (bicyclic) bond motifs is 4. The maximum Gasteiger partial charge on any atom is 0.318 e. The van der Waals surface area contributed by atoms with Gasteiger partial charge in [-0.3, -0.25) is 0 Å². The molecule has 0 saturated carbocycles. The maximum atomic E-state index is 6.28. The van der Waals surface area contributed by atoms with E-state index >= 15 is 0 Å². The highest BCUT2D eigenvalue weighted by Crippen LogP contribution is 2.47. The van der Waals surface area contributed by atoms with Gasteiger partial charge >= 0.3 is 6.01 Å². The molecule has 2 N–H and O–H groups in total. The van der Waals surface area contributed by atoms with Gasteiger partial charge < -0.3 is 20.3 Å². The Hall–Kier alpha value is -2.18. The van der Waals surface area contributed by atoms with E-state index in [9.17, 15) is 0 Å². The van der Waals surface area contributed by atoms with E-state index in [0.717, 1.165) is 32.5 Å². The molecule has 3 aliphatic heterocycles. The number of piperazine rings is 1. The average Bonchev–Trinajstić information content (AvgIpc) is 3.47. The zero-order valence-corrected chi connectivity index (χ0v) is 20.2. The van der Waals surface area contributed by atoms with Crippen LogP contribution in [0.1, 0.15) is 60.9 Å². The van der Waals surface area contributed by atoms with Crippen molar-refractivity contribution in [2.24, 2.45) is 5.41 Å². The molecular formula is C28H37N5O. The van der Waals surface area contributed by atoms with Gasteiger partial charge in [-0.2, -0.15) is 9.97 Å². The second-order valence-electron chi connectivity index (χ2n) is 11.4. The number of aryl methyl sites for hydroxylation is 1. The molecule has 5 aliphatic rings. The van der Waals surface area contributed by atoms with Gasteiger partial charge in [0.2, 0.25) is 0 Å². The quantitative estimate of drug-likeness (QED) is 0.732. The summed E-state index contributed by atoms with van der Waals surface area (Å²) in [4.78, 5) is 12.9. The molecule has 3 saturated heterocycles. The molecule has 4 heterocycles. The Balaban J connectivity index is 1.22. The van der Waals surface area contributed by atoms with Gasteiger partial charge in [-0.05, 0) is 87.3 Å². The Morgan fingerprint density at radius 1 is 0.971 bits per heavy atom. The minimum atomic E-state index is 0.333. The number of ether oxygens (including phenoxy) is 1. The number of nitrogens with one attached hydrogen (secondary N) is 2. The lowest BCUT2D eigenvalue weighted by Gasteiger charge is -2.43. The summed E-state index contributed by atoms with van der Waals surface area (Å²) in [5.74, 6) is 1.19. The molecule has 2 aromatic rings. The zero-order valence-electron chi connectivity index (χ0n) is 20.2. The molecule has 1 aromatic carbocycles. The Kier molecular flexibility index (Phi) is 5.28. The fourth-order valence-electron chi connectivity index (χ4n) is 7.44. The first-order chi connectivity index (χ1) is 16.8. The lowest BCUT2D eigenvalue weighted by atomic mass is 9.63. The van der Waals surface area contributed by atoms with Crippen LogP contribution >= 0.6 is 0 Å². The average molecular weight is 460 g/mol. The Morgan fingerprint density at radius 3 is 2.62 bits per heavy atom. The van der Waals surface area contributed by atoms with Crippen molar-refractivity contribution in [2.45, 2.75) is 82.3 Å². The van der Waals surface area contributed by atoms with Crippen molar-refractivity contribution in [3.63, 3.8) is 0 Å². The summed E-state index contributed by atoms with van der Waals surface area (Å²) in [5.41, 5.74) is 6.11. The highest BCUT2D eigenvalue weighted by Gasteiger charge is 2.43. The molecule has 180 valence electrons. The van der Waals surface area contributed by atoms with Crippen molar-refractivity contribution in [3.05, 3.63) is 46.6 Å².